The highest BCUT2D eigenvalue weighted by Crippen LogP contribution is 2.33. The highest BCUT2D eigenvalue weighted by atomic mass is 16.6. The molecule has 0 spiro atoms. The van der Waals surface area contributed by atoms with Gasteiger partial charge in [0, 0.05) is 5.69 Å². The van der Waals surface area contributed by atoms with Crippen molar-refractivity contribution in [1.29, 1.82) is 0 Å². The number of anilines is 1. The molecule has 7 heteroatoms. The molecular weight excluding hydrogens is 288 g/mol. The van der Waals surface area contributed by atoms with Gasteiger partial charge in [0.15, 0.2) is 5.92 Å². The molecule has 2 N–H and O–H groups in total. The number of para-hydroxylation sites is 1. The summed E-state index contributed by atoms with van der Waals surface area (Å²) in [5.41, 5.74) is 1.18. The molecule has 118 valence electrons. The first-order valence-corrected chi connectivity index (χ1v) is 7.08. The number of benzene rings is 1. The van der Waals surface area contributed by atoms with Crippen molar-refractivity contribution in [3.63, 3.8) is 0 Å². The zero-order valence-corrected chi connectivity index (χ0v) is 12.4. The SMILES string of the molecule is CCOC(=O)C(C(=O)OCC)[C@@H]1NC(=O)Nc2ccccc21. The lowest BCUT2D eigenvalue weighted by Gasteiger charge is -2.30. The summed E-state index contributed by atoms with van der Waals surface area (Å²) in [6.07, 6.45) is 0. The van der Waals surface area contributed by atoms with E-state index in [2.05, 4.69) is 10.6 Å². The van der Waals surface area contributed by atoms with Gasteiger partial charge in [-0.25, -0.2) is 4.79 Å². The molecule has 0 aromatic heterocycles. The molecule has 0 saturated heterocycles. The Morgan fingerprint density at radius 1 is 1.14 bits per heavy atom. The Morgan fingerprint density at radius 3 is 2.32 bits per heavy atom. The third-order valence-corrected chi connectivity index (χ3v) is 3.25. The van der Waals surface area contributed by atoms with Gasteiger partial charge in [0.05, 0.1) is 19.3 Å². The van der Waals surface area contributed by atoms with Crippen molar-refractivity contribution in [2.75, 3.05) is 18.5 Å². The van der Waals surface area contributed by atoms with E-state index in [1.807, 2.05) is 0 Å². The van der Waals surface area contributed by atoms with Crippen LogP contribution in [-0.4, -0.2) is 31.2 Å². The molecule has 0 aliphatic carbocycles. The maximum absolute atomic E-state index is 12.2. The van der Waals surface area contributed by atoms with Crippen LogP contribution in [0.2, 0.25) is 0 Å². The van der Waals surface area contributed by atoms with Gasteiger partial charge < -0.3 is 20.1 Å². The van der Waals surface area contributed by atoms with Gasteiger partial charge in [-0.15, -0.1) is 0 Å². The van der Waals surface area contributed by atoms with E-state index in [-0.39, 0.29) is 13.2 Å². The Hall–Kier alpha value is -2.57. The molecule has 7 nitrogen and oxygen atoms in total. The molecule has 1 aliphatic rings. The molecule has 0 radical (unpaired) electrons. The van der Waals surface area contributed by atoms with Crippen molar-refractivity contribution in [3.05, 3.63) is 29.8 Å². The summed E-state index contributed by atoms with van der Waals surface area (Å²) >= 11 is 0. The molecule has 2 rings (SSSR count). The Morgan fingerprint density at radius 2 is 1.73 bits per heavy atom. The largest absolute Gasteiger partial charge is 0.465 e. The Balaban J connectivity index is 2.40. The molecular formula is C15H18N2O5. The monoisotopic (exact) mass is 306 g/mol. The standard InChI is InChI=1S/C15H18N2O5/c1-3-21-13(18)11(14(19)22-4-2)12-9-7-5-6-8-10(9)16-15(20)17-12/h5-8,11-12H,3-4H2,1-2H3,(H2,16,17,20)/t12-/m1/s1. The first-order valence-electron chi connectivity index (χ1n) is 7.08. The minimum atomic E-state index is -1.24. The van der Waals surface area contributed by atoms with Crippen LogP contribution >= 0.6 is 0 Å². The van der Waals surface area contributed by atoms with E-state index in [4.69, 9.17) is 9.47 Å². The third-order valence-electron chi connectivity index (χ3n) is 3.25. The van der Waals surface area contributed by atoms with E-state index in [0.717, 1.165) is 0 Å². The fourth-order valence-electron chi connectivity index (χ4n) is 2.35. The molecule has 1 aromatic carbocycles. The predicted octanol–water partition coefficient (Wildman–Crippen LogP) is 1.61. The number of esters is 2. The minimum absolute atomic E-state index is 0.134. The average Bonchev–Trinajstić information content (AvgIpc) is 2.47. The van der Waals surface area contributed by atoms with Crippen LogP contribution in [0.25, 0.3) is 0 Å². The summed E-state index contributed by atoms with van der Waals surface area (Å²) in [5, 5.41) is 5.23. The van der Waals surface area contributed by atoms with Crippen molar-refractivity contribution < 1.29 is 23.9 Å². The van der Waals surface area contributed by atoms with Crippen LogP contribution < -0.4 is 10.6 Å². The molecule has 0 unspecified atom stereocenters. The second kappa shape index (κ2) is 6.93. The fraction of sp³-hybridized carbons (Fsp3) is 0.400. The lowest BCUT2D eigenvalue weighted by molar-refractivity contribution is -0.163. The van der Waals surface area contributed by atoms with Crippen molar-refractivity contribution >= 4 is 23.7 Å². The Labute approximate surface area is 128 Å². The topological polar surface area (TPSA) is 93.7 Å². The second-order valence-electron chi connectivity index (χ2n) is 4.65. The first kappa shape index (κ1) is 15.8. The summed E-state index contributed by atoms with van der Waals surface area (Å²) in [6, 6.07) is 5.64. The van der Waals surface area contributed by atoms with Crippen LogP contribution in [-0.2, 0) is 19.1 Å². The van der Waals surface area contributed by atoms with Crippen molar-refractivity contribution in [1.82, 2.24) is 5.32 Å². The van der Waals surface area contributed by atoms with E-state index in [0.29, 0.717) is 11.3 Å². The van der Waals surface area contributed by atoms with Gasteiger partial charge >= 0.3 is 18.0 Å². The summed E-state index contributed by atoms with van der Waals surface area (Å²) in [4.78, 5) is 36.1. The predicted molar refractivity (Wildman–Crippen MR) is 78.1 cm³/mol. The normalized spacial score (nSPS) is 16.3. The van der Waals surface area contributed by atoms with Crippen LogP contribution in [0.4, 0.5) is 10.5 Å². The number of carbonyl (C=O) groups excluding carboxylic acids is 3. The summed E-state index contributed by atoms with van der Waals surface area (Å²) in [6.45, 7) is 3.56. The van der Waals surface area contributed by atoms with Crippen LogP contribution in [0, 0.1) is 5.92 Å². The van der Waals surface area contributed by atoms with Crippen molar-refractivity contribution in [2.45, 2.75) is 19.9 Å². The van der Waals surface area contributed by atoms with Gasteiger partial charge in [0.2, 0.25) is 0 Å². The minimum Gasteiger partial charge on any atom is -0.465 e. The number of ether oxygens (including phenoxy) is 2. The number of fused-ring (bicyclic) bond motifs is 1. The first-order chi connectivity index (χ1) is 10.6. The maximum Gasteiger partial charge on any atom is 0.322 e. The van der Waals surface area contributed by atoms with Crippen LogP contribution in [0.15, 0.2) is 24.3 Å². The quantitative estimate of drug-likeness (QED) is 0.636. The molecule has 0 bridgehead atoms. The van der Waals surface area contributed by atoms with Gasteiger partial charge in [-0.3, -0.25) is 9.59 Å². The summed E-state index contributed by atoms with van der Waals surface area (Å²) in [7, 11) is 0. The summed E-state index contributed by atoms with van der Waals surface area (Å²) < 4.78 is 9.93. The highest BCUT2D eigenvalue weighted by Gasteiger charge is 2.42. The fourth-order valence-corrected chi connectivity index (χ4v) is 2.35. The third kappa shape index (κ3) is 3.19. The van der Waals surface area contributed by atoms with Gasteiger partial charge in [0.1, 0.15) is 0 Å². The van der Waals surface area contributed by atoms with Crippen LogP contribution in [0.3, 0.4) is 0 Å². The van der Waals surface area contributed by atoms with Gasteiger partial charge in [-0.2, -0.15) is 0 Å². The zero-order chi connectivity index (χ0) is 16.1. The van der Waals surface area contributed by atoms with E-state index < -0.39 is 29.9 Å². The Bertz CT molecular complexity index is 569. The maximum atomic E-state index is 12.2. The number of hydrogen-bond acceptors (Lipinski definition) is 5. The number of nitrogens with one attached hydrogen (secondary N) is 2. The molecule has 0 fully saturated rings. The number of amides is 2. The lowest BCUT2D eigenvalue weighted by atomic mass is 9.90. The number of urea groups is 1. The Kier molecular flexibility index (Phi) is 4.98. The smallest absolute Gasteiger partial charge is 0.322 e. The average molecular weight is 306 g/mol. The molecule has 1 aromatic rings. The van der Waals surface area contributed by atoms with Gasteiger partial charge in [-0.05, 0) is 25.5 Å². The summed E-state index contributed by atoms with van der Waals surface area (Å²) in [5.74, 6) is -2.68. The zero-order valence-electron chi connectivity index (χ0n) is 12.4. The molecule has 22 heavy (non-hydrogen) atoms. The highest BCUT2D eigenvalue weighted by molar-refractivity contribution is 5.99. The van der Waals surface area contributed by atoms with Crippen LogP contribution in [0.5, 0.6) is 0 Å². The van der Waals surface area contributed by atoms with Gasteiger partial charge in [-0.1, -0.05) is 18.2 Å². The number of hydrogen-bond donors (Lipinski definition) is 2. The van der Waals surface area contributed by atoms with Crippen LogP contribution in [0.1, 0.15) is 25.5 Å². The van der Waals surface area contributed by atoms with E-state index in [1.54, 1.807) is 38.1 Å². The van der Waals surface area contributed by atoms with Crippen molar-refractivity contribution in [3.8, 4) is 0 Å². The van der Waals surface area contributed by atoms with Crippen molar-refractivity contribution in [2.24, 2.45) is 5.92 Å². The molecule has 2 amide bonds. The van der Waals surface area contributed by atoms with E-state index >= 15 is 0 Å². The molecule has 1 heterocycles. The van der Waals surface area contributed by atoms with Gasteiger partial charge in [0.25, 0.3) is 0 Å². The number of carbonyl (C=O) groups is 3. The number of rotatable bonds is 5. The second-order valence-corrected chi connectivity index (χ2v) is 4.65. The lowest BCUT2D eigenvalue weighted by Crippen LogP contribution is -2.46. The molecule has 1 atom stereocenters. The molecule has 1 aliphatic heterocycles. The molecule has 0 saturated carbocycles. The van der Waals surface area contributed by atoms with E-state index in [9.17, 15) is 14.4 Å². The van der Waals surface area contributed by atoms with E-state index in [1.165, 1.54) is 0 Å².